The first-order valence-corrected chi connectivity index (χ1v) is 1.60. The topological polar surface area (TPSA) is 124 Å². The summed E-state index contributed by atoms with van der Waals surface area (Å²) in [6.45, 7) is 0. The SMILES string of the molecule is NC=O.NNC(N)=O. The van der Waals surface area contributed by atoms with Crippen LogP contribution in [-0.4, -0.2) is 12.4 Å². The maximum absolute atomic E-state index is 9.35. The smallest absolute Gasteiger partial charge is 0.326 e. The van der Waals surface area contributed by atoms with E-state index in [0.29, 0.717) is 0 Å². The largest absolute Gasteiger partial charge is 0.372 e. The lowest BCUT2D eigenvalue weighted by Gasteiger charge is -1.81. The Hall–Kier alpha value is -1.30. The van der Waals surface area contributed by atoms with Crippen molar-refractivity contribution in [2.45, 2.75) is 0 Å². The molecule has 0 aromatic carbocycles. The predicted molar refractivity (Wildman–Crippen MR) is 27.2 cm³/mol. The normalized spacial score (nSPS) is 5.62. The van der Waals surface area contributed by atoms with Crippen molar-refractivity contribution >= 4 is 12.4 Å². The van der Waals surface area contributed by atoms with Crippen LogP contribution < -0.4 is 22.7 Å². The maximum Gasteiger partial charge on any atom is 0.326 e. The van der Waals surface area contributed by atoms with Crippen LogP contribution in [0.2, 0.25) is 0 Å². The van der Waals surface area contributed by atoms with Gasteiger partial charge < -0.3 is 11.5 Å². The Balaban J connectivity index is 0. The monoisotopic (exact) mass is 120 g/mol. The summed E-state index contributed by atoms with van der Waals surface area (Å²) in [4.78, 5) is 17.9. The first-order valence-electron chi connectivity index (χ1n) is 1.60. The molecule has 0 fully saturated rings. The van der Waals surface area contributed by atoms with Crippen LogP contribution in [-0.2, 0) is 4.79 Å². The van der Waals surface area contributed by atoms with Crippen LogP contribution in [0.25, 0.3) is 0 Å². The molecule has 0 atom stereocenters. The van der Waals surface area contributed by atoms with Crippen molar-refractivity contribution in [2.24, 2.45) is 17.3 Å². The molecule has 3 amide bonds. The van der Waals surface area contributed by atoms with Crippen molar-refractivity contribution in [2.75, 3.05) is 0 Å². The quantitative estimate of drug-likeness (QED) is 0.123. The van der Waals surface area contributed by atoms with E-state index in [0.717, 1.165) is 0 Å². The van der Waals surface area contributed by atoms with Gasteiger partial charge >= 0.3 is 6.03 Å². The maximum atomic E-state index is 9.35. The van der Waals surface area contributed by atoms with E-state index in [1.54, 1.807) is 5.43 Å². The minimum Gasteiger partial charge on any atom is -0.372 e. The second-order valence-corrected chi connectivity index (χ2v) is 0.645. The fourth-order valence-corrected chi connectivity index (χ4v) is 0. The molecule has 8 heavy (non-hydrogen) atoms. The van der Waals surface area contributed by atoms with Crippen LogP contribution in [0.3, 0.4) is 0 Å². The van der Waals surface area contributed by atoms with Gasteiger partial charge in [0.25, 0.3) is 0 Å². The number of primary amides is 2. The van der Waals surface area contributed by atoms with E-state index in [2.05, 4.69) is 17.3 Å². The van der Waals surface area contributed by atoms with Gasteiger partial charge in [0, 0.05) is 0 Å². The lowest BCUT2D eigenvalue weighted by molar-refractivity contribution is -0.106. The van der Waals surface area contributed by atoms with Crippen LogP contribution in [0, 0.1) is 0 Å². The van der Waals surface area contributed by atoms with Crippen LogP contribution in [0.4, 0.5) is 4.79 Å². The zero-order valence-electron chi connectivity index (χ0n) is 4.13. The molecule has 0 aliphatic heterocycles. The van der Waals surface area contributed by atoms with Crippen molar-refractivity contribution < 1.29 is 9.59 Å². The highest BCUT2D eigenvalue weighted by molar-refractivity contribution is 5.70. The number of nitrogens with one attached hydrogen (secondary N) is 1. The van der Waals surface area contributed by atoms with Crippen LogP contribution in [0.5, 0.6) is 0 Å². The van der Waals surface area contributed by atoms with Crippen molar-refractivity contribution in [3.05, 3.63) is 0 Å². The minimum atomic E-state index is -0.718. The number of hydrogen-bond donors (Lipinski definition) is 4. The Kier molecular flexibility index (Phi) is 11.3. The third-order valence-electron chi connectivity index (χ3n) is 0.142. The van der Waals surface area contributed by atoms with Crippen molar-refractivity contribution in [1.82, 2.24) is 5.43 Å². The van der Waals surface area contributed by atoms with E-state index in [4.69, 9.17) is 4.79 Å². The molecular formula is C2H8N4O2. The zero-order chi connectivity index (χ0) is 6.99. The van der Waals surface area contributed by atoms with E-state index in [1.165, 1.54) is 0 Å². The molecule has 0 bridgehead atoms. The lowest BCUT2D eigenvalue weighted by atomic mass is 11.2. The van der Waals surface area contributed by atoms with Gasteiger partial charge in [-0.1, -0.05) is 0 Å². The summed E-state index contributed by atoms with van der Waals surface area (Å²) in [6.07, 6.45) is 0.250. The molecule has 0 radical (unpaired) electrons. The van der Waals surface area contributed by atoms with E-state index in [9.17, 15) is 4.79 Å². The summed E-state index contributed by atoms with van der Waals surface area (Å²) in [7, 11) is 0. The van der Waals surface area contributed by atoms with E-state index >= 15 is 0 Å². The second kappa shape index (κ2) is 9.20. The Morgan fingerprint density at radius 2 is 1.75 bits per heavy atom. The number of amides is 3. The summed E-state index contributed by atoms with van der Waals surface area (Å²) < 4.78 is 0. The van der Waals surface area contributed by atoms with E-state index < -0.39 is 6.03 Å². The van der Waals surface area contributed by atoms with Crippen molar-refractivity contribution in [1.29, 1.82) is 0 Å². The summed E-state index contributed by atoms with van der Waals surface area (Å²) >= 11 is 0. The fraction of sp³-hybridized carbons (Fsp3) is 0. The number of urea groups is 1. The van der Waals surface area contributed by atoms with Gasteiger partial charge in [0.05, 0.1) is 0 Å². The number of hydrogen-bond acceptors (Lipinski definition) is 3. The Labute approximate surface area is 46.0 Å². The zero-order valence-corrected chi connectivity index (χ0v) is 4.13. The fourth-order valence-electron chi connectivity index (χ4n) is 0. The summed E-state index contributed by atoms with van der Waals surface area (Å²) in [5.41, 5.74) is 10.2. The molecule has 0 aliphatic carbocycles. The number of hydrazine groups is 1. The molecule has 0 aromatic heterocycles. The van der Waals surface area contributed by atoms with Gasteiger partial charge in [-0.3, -0.25) is 10.2 Å². The number of carbonyl (C=O) groups is 2. The van der Waals surface area contributed by atoms with E-state index in [1.807, 2.05) is 0 Å². The molecule has 48 valence electrons. The van der Waals surface area contributed by atoms with Gasteiger partial charge in [-0.2, -0.15) is 0 Å². The Bertz CT molecular complexity index is 72.4. The van der Waals surface area contributed by atoms with E-state index in [-0.39, 0.29) is 6.41 Å². The van der Waals surface area contributed by atoms with Gasteiger partial charge in [0.1, 0.15) is 0 Å². The molecule has 6 heteroatoms. The molecule has 6 nitrogen and oxygen atoms in total. The molecule has 0 aliphatic rings. The molecule has 0 saturated heterocycles. The van der Waals surface area contributed by atoms with Gasteiger partial charge in [0.2, 0.25) is 6.41 Å². The average Bonchev–Trinajstić information content (AvgIpc) is 1.69. The molecule has 0 unspecified atom stereocenters. The summed E-state index contributed by atoms with van der Waals surface area (Å²) in [6, 6.07) is -0.718. The van der Waals surface area contributed by atoms with Crippen molar-refractivity contribution in [3.8, 4) is 0 Å². The predicted octanol–water partition coefficient (Wildman–Crippen LogP) is -2.37. The van der Waals surface area contributed by atoms with Crippen LogP contribution in [0.1, 0.15) is 0 Å². The summed E-state index contributed by atoms with van der Waals surface area (Å²) in [5, 5.41) is 0. The average molecular weight is 120 g/mol. The first-order chi connectivity index (χ1) is 3.68. The highest BCUT2D eigenvalue weighted by Gasteiger charge is 1.73. The molecule has 0 heterocycles. The number of rotatable bonds is 0. The number of carbonyl (C=O) groups excluding carboxylic acids is 2. The third-order valence-corrected chi connectivity index (χ3v) is 0.142. The van der Waals surface area contributed by atoms with Gasteiger partial charge in [0.15, 0.2) is 0 Å². The van der Waals surface area contributed by atoms with Crippen LogP contribution >= 0.6 is 0 Å². The standard InChI is InChI=1S/CH5N3O.CH3NO/c2-1(5)4-3;2-1-3/h3H2,(H3,2,4,5);1H,(H2,2,3). The third kappa shape index (κ3) is 131. The van der Waals surface area contributed by atoms with Crippen molar-refractivity contribution in [3.63, 3.8) is 0 Å². The van der Waals surface area contributed by atoms with Gasteiger partial charge in [-0.05, 0) is 0 Å². The molecule has 0 aromatic rings. The molecular weight excluding hydrogens is 112 g/mol. The molecule has 0 spiro atoms. The minimum absolute atomic E-state index is 0.250. The molecule has 0 rings (SSSR count). The summed E-state index contributed by atoms with van der Waals surface area (Å²) in [5.74, 6) is 4.45. The van der Waals surface area contributed by atoms with Gasteiger partial charge in [-0.25, -0.2) is 10.6 Å². The molecule has 7 N–H and O–H groups in total. The van der Waals surface area contributed by atoms with Crippen LogP contribution in [0.15, 0.2) is 0 Å². The Morgan fingerprint density at radius 1 is 1.62 bits per heavy atom. The first kappa shape index (κ1) is 9.85. The lowest BCUT2D eigenvalue weighted by Crippen LogP contribution is -2.34. The second-order valence-electron chi connectivity index (χ2n) is 0.645. The number of nitrogens with two attached hydrogens (primary N) is 3. The molecule has 0 saturated carbocycles. The highest BCUT2D eigenvalue weighted by atomic mass is 16.2. The Morgan fingerprint density at radius 3 is 1.75 bits per heavy atom. The van der Waals surface area contributed by atoms with Gasteiger partial charge in [-0.15, -0.1) is 0 Å². The highest BCUT2D eigenvalue weighted by Crippen LogP contribution is 1.34.